The number of aromatic nitrogens is 1. The van der Waals surface area contributed by atoms with E-state index >= 15 is 0 Å². The van der Waals surface area contributed by atoms with Crippen LogP contribution in [0, 0.1) is 0 Å². The van der Waals surface area contributed by atoms with Gasteiger partial charge in [-0.05, 0) is 102 Å². The second kappa shape index (κ2) is 27.9. The fourth-order valence-electron chi connectivity index (χ4n) is 5.31. The summed E-state index contributed by atoms with van der Waals surface area (Å²) in [5.74, 6) is -1.38. The molecule has 1 unspecified atom stereocenters. The highest BCUT2D eigenvalue weighted by Gasteiger charge is 2.18. The Morgan fingerprint density at radius 2 is 1.49 bits per heavy atom. The fourth-order valence-corrected chi connectivity index (χ4v) is 5.31. The van der Waals surface area contributed by atoms with Crippen molar-refractivity contribution >= 4 is 23.9 Å². The molecule has 2 heterocycles. The number of allylic oxidation sites excluding steroid dienone is 10. The number of carbonyl (C=O) groups is 3. The van der Waals surface area contributed by atoms with Gasteiger partial charge >= 0.3 is 5.97 Å². The van der Waals surface area contributed by atoms with E-state index in [1.54, 1.807) is 12.3 Å². The molecule has 49 heavy (non-hydrogen) atoms. The third-order valence-corrected chi connectivity index (χ3v) is 8.15. The number of pyridine rings is 1. The lowest BCUT2D eigenvalue weighted by Gasteiger charge is -2.14. The predicted octanol–water partition coefficient (Wildman–Crippen LogP) is 7.90. The number of carbonyl (C=O) groups excluding carboxylic acids is 2. The van der Waals surface area contributed by atoms with Crippen LogP contribution in [0.2, 0.25) is 0 Å². The zero-order valence-corrected chi connectivity index (χ0v) is 29.7. The van der Waals surface area contributed by atoms with Gasteiger partial charge < -0.3 is 20.6 Å². The average Bonchev–Trinajstić information content (AvgIpc) is 3.62. The van der Waals surface area contributed by atoms with Gasteiger partial charge in [0.05, 0.1) is 0 Å². The molecular weight excluding hydrogens is 612 g/mol. The maximum absolute atomic E-state index is 12.4. The summed E-state index contributed by atoms with van der Waals surface area (Å²) in [5, 5.41) is 15.1. The van der Waals surface area contributed by atoms with Crippen LogP contribution in [0.5, 0.6) is 0 Å². The van der Waals surface area contributed by atoms with Crippen LogP contribution in [0.25, 0.3) is 6.08 Å². The van der Waals surface area contributed by atoms with Crippen molar-refractivity contribution in [1.82, 2.24) is 20.5 Å². The first-order chi connectivity index (χ1) is 24.0. The van der Waals surface area contributed by atoms with Gasteiger partial charge in [-0.15, -0.1) is 0 Å². The first-order valence-corrected chi connectivity index (χ1v) is 18.4. The number of amides is 2. The van der Waals surface area contributed by atoms with Crippen LogP contribution < -0.4 is 10.6 Å². The van der Waals surface area contributed by atoms with E-state index in [0.29, 0.717) is 32.2 Å². The van der Waals surface area contributed by atoms with Crippen LogP contribution in [-0.2, 0) is 20.8 Å². The van der Waals surface area contributed by atoms with E-state index in [-0.39, 0.29) is 18.2 Å². The predicted molar refractivity (Wildman–Crippen MR) is 202 cm³/mol. The minimum Gasteiger partial charge on any atom is -0.480 e. The number of nitrogens with zero attached hydrogens (tertiary/aromatic N) is 2. The molecule has 2 amide bonds. The summed E-state index contributed by atoms with van der Waals surface area (Å²) < 4.78 is 0. The van der Waals surface area contributed by atoms with E-state index in [4.69, 9.17) is 0 Å². The minimum absolute atomic E-state index is 0.00847. The van der Waals surface area contributed by atoms with E-state index in [1.165, 1.54) is 25.9 Å². The minimum atomic E-state index is -1.05. The topological polar surface area (TPSA) is 112 Å². The van der Waals surface area contributed by atoms with Gasteiger partial charge in [0, 0.05) is 44.2 Å². The molecule has 2 rings (SSSR count). The lowest BCUT2D eigenvalue weighted by molar-refractivity contribution is -0.142. The largest absolute Gasteiger partial charge is 0.480 e. The van der Waals surface area contributed by atoms with Gasteiger partial charge in [0.1, 0.15) is 6.04 Å². The summed E-state index contributed by atoms with van der Waals surface area (Å²) in [6, 6.07) is 3.06. The molecule has 0 radical (unpaired) electrons. The van der Waals surface area contributed by atoms with E-state index in [2.05, 4.69) is 88.2 Å². The standard InChI is InChI=1S/C41H60N4O4/c1-2-3-4-5-6-7-8-9-10-11-12-13-14-15-16-17-18-26-39(46)42-31-20-19-25-38(41(48)49)44-40(47)27-23-24-36-28-29-37(43-35-36)30-34-45-32-21-22-33-45/h3-4,6-7,9-10,12-13,15-16,23-24,28-29,35,38H,2,5,8,11,14,17-22,25-27,30-34H2,1H3,(H,42,46)(H,44,47)(H,48,49). The zero-order valence-electron chi connectivity index (χ0n) is 29.7. The number of aliphatic carboxylic acids is 1. The molecule has 1 aliphatic heterocycles. The van der Waals surface area contributed by atoms with Gasteiger partial charge in [-0.3, -0.25) is 14.6 Å². The first-order valence-electron chi connectivity index (χ1n) is 18.4. The molecule has 268 valence electrons. The Bertz CT molecular complexity index is 1240. The number of carboxylic acid groups (broad SMARTS) is 1. The molecule has 1 aromatic rings. The van der Waals surface area contributed by atoms with Crippen LogP contribution >= 0.6 is 0 Å². The molecule has 0 aromatic carbocycles. The zero-order chi connectivity index (χ0) is 35.2. The van der Waals surface area contributed by atoms with Crippen molar-refractivity contribution in [2.75, 3.05) is 26.2 Å². The molecule has 1 fully saturated rings. The molecule has 0 saturated carbocycles. The highest BCUT2D eigenvalue weighted by Crippen LogP contribution is 2.10. The number of rotatable bonds is 26. The Kier molecular flexibility index (Phi) is 23.4. The molecule has 1 aliphatic rings. The monoisotopic (exact) mass is 672 g/mol. The van der Waals surface area contributed by atoms with Crippen molar-refractivity contribution in [2.24, 2.45) is 0 Å². The number of likely N-dealkylation sites (tertiary alicyclic amines) is 1. The molecule has 3 N–H and O–H groups in total. The van der Waals surface area contributed by atoms with E-state index in [9.17, 15) is 19.5 Å². The van der Waals surface area contributed by atoms with Crippen molar-refractivity contribution < 1.29 is 19.5 Å². The Balaban J connectivity index is 1.48. The lowest BCUT2D eigenvalue weighted by atomic mass is 10.1. The summed E-state index contributed by atoms with van der Waals surface area (Å²) >= 11 is 0. The van der Waals surface area contributed by atoms with E-state index in [0.717, 1.165) is 69.2 Å². The molecule has 1 aromatic heterocycles. The Morgan fingerprint density at radius 1 is 0.837 bits per heavy atom. The van der Waals surface area contributed by atoms with Crippen LogP contribution in [0.3, 0.4) is 0 Å². The molecule has 8 nitrogen and oxygen atoms in total. The lowest BCUT2D eigenvalue weighted by Crippen LogP contribution is -2.40. The molecule has 0 bridgehead atoms. The molecule has 0 aliphatic carbocycles. The number of unbranched alkanes of at least 4 members (excludes halogenated alkanes) is 2. The smallest absolute Gasteiger partial charge is 0.326 e. The van der Waals surface area contributed by atoms with Crippen molar-refractivity contribution in [3.8, 4) is 0 Å². The van der Waals surface area contributed by atoms with Gasteiger partial charge in [0.2, 0.25) is 11.8 Å². The first kappa shape index (κ1) is 41.1. The summed E-state index contributed by atoms with van der Waals surface area (Å²) in [6.45, 7) is 6.03. The van der Waals surface area contributed by atoms with Crippen LogP contribution in [0.15, 0.2) is 85.2 Å². The van der Waals surface area contributed by atoms with Crippen molar-refractivity contribution in [2.45, 2.75) is 109 Å². The average molecular weight is 673 g/mol. The molecule has 8 heteroatoms. The highest BCUT2D eigenvalue weighted by atomic mass is 16.4. The number of hydrogen-bond donors (Lipinski definition) is 3. The van der Waals surface area contributed by atoms with Gasteiger partial charge in [-0.1, -0.05) is 85.9 Å². The van der Waals surface area contributed by atoms with Gasteiger partial charge in [-0.25, -0.2) is 4.79 Å². The normalized spacial score (nSPS) is 14.8. The third-order valence-electron chi connectivity index (χ3n) is 8.15. The summed E-state index contributed by atoms with van der Waals surface area (Å²) in [4.78, 5) is 43.2. The van der Waals surface area contributed by atoms with Crippen molar-refractivity contribution in [3.05, 3.63) is 96.4 Å². The Labute approximate surface area is 295 Å². The highest BCUT2D eigenvalue weighted by molar-refractivity contribution is 5.84. The van der Waals surface area contributed by atoms with E-state index in [1.807, 2.05) is 18.2 Å². The molecule has 1 atom stereocenters. The maximum Gasteiger partial charge on any atom is 0.326 e. The second-order valence-corrected chi connectivity index (χ2v) is 12.4. The van der Waals surface area contributed by atoms with Gasteiger partial charge in [0.15, 0.2) is 0 Å². The van der Waals surface area contributed by atoms with Gasteiger partial charge in [0.25, 0.3) is 0 Å². The summed E-state index contributed by atoms with van der Waals surface area (Å²) in [7, 11) is 0. The molecular formula is C41H60N4O4. The summed E-state index contributed by atoms with van der Waals surface area (Å²) in [5.41, 5.74) is 1.96. The number of carboxylic acids is 1. The SMILES string of the molecule is CCC=CCC=CCC=CCC=CCC=CCCCC(=O)NCCCCC(NC(=O)CC=Cc1ccc(CCN2CCCC2)nc1)C(=O)O. The van der Waals surface area contributed by atoms with Crippen LogP contribution in [0.4, 0.5) is 0 Å². The molecule has 0 spiro atoms. The number of nitrogens with one attached hydrogen (secondary N) is 2. The van der Waals surface area contributed by atoms with E-state index < -0.39 is 12.0 Å². The quantitative estimate of drug-likeness (QED) is 0.0682. The van der Waals surface area contributed by atoms with Crippen LogP contribution in [-0.4, -0.2) is 65.0 Å². The number of hydrogen-bond acceptors (Lipinski definition) is 5. The Hall–Kier alpha value is -4.04. The fraction of sp³-hybridized carbons (Fsp3) is 0.512. The maximum atomic E-state index is 12.4. The molecule has 1 saturated heterocycles. The van der Waals surface area contributed by atoms with Gasteiger partial charge in [-0.2, -0.15) is 0 Å². The second-order valence-electron chi connectivity index (χ2n) is 12.4. The van der Waals surface area contributed by atoms with Crippen molar-refractivity contribution in [1.29, 1.82) is 0 Å². The van der Waals surface area contributed by atoms with Crippen LogP contribution in [0.1, 0.15) is 108 Å². The third kappa shape index (κ3) is 22.3. The summed E-state index contributed by atoms with van der Waals surface area (Å²) in [6.07, 6.45) is 39.2. The van der Waals surface area contributed by atoms with Crippen molar-refractivity contribution in [3.63, 3.8) is 0 Å². The Morgan fingerprint density at radius 3 is 2.10 bits per heavy atom.